The molecule has 2 N–H and O–H groups in total. The first-order chi connectivity index (χ1) is 14.9. The molecule has 174 valence electrons. The van der Waals surface area contributed by atoms with Crippen molar-refractivity contribution in [2.24, 2.45) is 4.99 Å². The van der Waals surface area contributed by atoms with E-state index in [1.165, 1.54) is 0 Å². The van der Waals surface area contributed by atoms with Crippen molar-refractivity contribution in [2.45, 2.75) is 58.3 Å². The van der Waals surface area contributed by atoms with Crippen LogP contribution in [-0.2, 0) is 10.2 Å². The quantitative estimate of drug-likeness (QED) is 0.337. The molecule has 0 atom stereocenters. The van der Waals surface area contributed by atoms with E-state index < -0.39 is 0 Å². The maximum Gasteiger partial charge on any atom is 0.222 e. The Labute approximate surface area is 187 Å². The van der Waals surface area contributed by atoms with Crippen molar-refractivity contribution in [3.8, 4) is 11.5 Å². The van der Waals surface area contributed by atoms with Crippen LogP contribution in [0.1, 0.15) is 58.4 Å². The lowest BCUT2D eigenvalue weighted by Gasteiger charge is -2.25. The lowest BCUT2D eigenvalue weighted by Crippen LogP contribution is -2.40. The lowest BCUT2D eigenvalue weighted by atomic mass is 9.84. The average Bonchev–Trinajstić information content (AvgIpc) is 2.98. The van der Waals surface area contributed by atoms with Crippen LogP contribution in [0.3, 0.4) is 0 Å². The summed E-state index contributed by atoms with van der Waals surface area (Å²) in [5.41, 5.74) is 0.977. The third kappa shape index (κ3) is 7.64. The molecule has 1 aliphatic rings. The van der Waals surface area contributed by atoms with Gasteiger partial charge in [0.2, 0.25) is 5.91 Å². The molecule has 2 rings (SSSR count). The third-order valence-electron chi connectivity index (χ3n) is 5.71. The Morgan fingerprint density at radius 2 is 1.90 bits per heavy atom. The van der Waals surface area contributed by atoms with E-state index in [0.717, 1.165) is 74.9 Å². The van der Waals surface area contributed by atoms with Gasteiger partial charge in [-0.1, -0.05) is 26.3 Å². The lowest BCUT2D eigenvalue weighted by molar-refractivity contribution is -0.130. The van der Waals surface area contributed by atoms with Gasteiger partial charge in [-0.25, -0.2) is 0 Å². The van der Waals surface area contributed by atoms with E-state index in [0.29, 0.717) is 18.9 Å². The summed E-state index contributed by atoms with van der Waals surface area (Å²) >= 11 is 0. The van der Waals surface area contributed by atoms with Gasteiger partial charge in [0.1, 0.15) is 0 Å². The predicted molar refractivity (Wildman–Crippen MR) is 126 cm³/mol. The number of amides is 1. The topological polar surface area (TPSA) is 75.2 Å². The second-order valence-corrected chi connectivity index (χ2v) is 8.62. The van der Waals surface area contributed by atoms with Gasteiger partial charge in [0.15, 0.2) is 17.5 Å². The first kappa shape index (κ1) is 24.8. The molecule has 7 heteroatoms. The van der Waals surface area contributed by atoms with Gasteiger partial charge in [0.05, 0.1) is 20.8 Å². The number of hydrogen-bond acceptors (Lipinski definition) is 4. The van der Waals surface area contributed by atoms with Crippen LogP contribution >= 0.6 is 0 Å². The minimum absolute atomic E-state index is 0.166. The van der Waals surface area contributed by atoms with E-state index in [1.54, 1.807) is 14.2 Å². The number of nitrogens with zero attached hydrogens (tertiary/aromatic N) is 2. The van der Waals surface area contributed by atoms with Gasteiger partial charge in [0.25, 0.3) is 0 Å². The molecule has 0 saturated carbocycles. The Bertz CT molecular complexity index is 734. The van der Waals surface area contributed by atoms with Crippen molar-refractivity contribution in [2.75, 3.05) is 46.9 Å². The highest BCUT2D eigenvalue weighted by molar-refractivity contribution is 5.79. The zero-order valence-corrected chi connectivity index (χ0v) is 19.9. The van der Waals surface area contributed by atoms with Crippen molar-refractivity contribution in [3.63, 3.8) is 0 Å². The Morgan fingerprint density at radius 3 is 2.61 bits per heavy atom. The monoisotopic (exact) mass is 432 g/mol. The number of benzene rings is 1. The summed E-state index contributed by atoms with van der Waals surface area (Å²) < 4.78 is 10.8. The largest absolute Gasteiger partial charge is 0.493 e. The van der Waals surface area contributed by atoms with Gasteiger partial charge in [-0.05, 0) is 43.9 Å². The number of aliphatic imine (C=N–C) groups is 1. The van der Waals surface area contributed by atoms with E-state index >= 15 is 0 Å². The highest BCUT2D eigenvalue weighted by Gasteiger charge is 2.22. The normalized spacial score (nSPS) is 15.5. The maximum absolute atomic E-state index is 12.1. The van der Waals surface area contributed by atoms with Crippen LogP contribution in [0.25, 0.3) is 0 Å². The molecule has 1 aromatic carbocycles. The first-order valence-corrected chi connectivity index (χ1v) is 11.4. The van der Waals surface area contributed by atoms with E-state index in [2.05, 4.69) is 37.5 Å². The molecule has 0 spiro atoms. The number of carbonyl (C=O) groups excluding carboxylic acids is 1. The zero-order valence-electron chi connectivity index (χ0n) is 19.9. The van der Waals surface area contributed by atoms with Gasteiger partial charge < -0.3 is 25.0 Å². The first-order valence-electron chi connectivity index (χ1n) is 11.4. The second-order valence-electron chi connectivity index (χ2n) is 8.62. The Hall–Kier alpha value is -2.44. The number of carbonyl (C=O) groups is 1. The standard InChI is InChI=1S/C24H40N4O3/c1-6-25-23(26-14-10-16-28-15-9-7-8-11-22(28)29)27-18-24(2,3)19-12-13-20(30-4)21(17-19)31-5/h12-13,17H,6-11,14-16,18H2,1-5H3,(H2,25,26,27). The second kappa shape index (κ2) is 12.4. The Morgan fingerprint density at radius 1 is 1.13 bits per heavy atom. The van der Waals surface area contributed by atoms with Gasteiger partial charge >= 0.3 is 0 Å². The molecule has 7 nitrogen and oxygen atoms in total. The van der Waals surface area contributed by atoms with E-state index in [-0.39, 0.29) is 5.41 Å². The van der Waals surface area contributed by atoms with Crippen molar-refractivity contribution in [1.82, 2.24) is 15.5 Å². The maximum atomic E-state index is 12.1. The minimum Gasteiger partial charge on any atom is -0.493 e. The van der Waals surface area contributed by atoms with Crippen LogP contribution < -0.4 is 20.1 Å². The molecule has 1 heterocycles. The van der Waals surface area contributed by atoms with E-state index in [9.17, 15) is 4.79 Å². The SMILES string of the molecule is CCNC(=NCC(C)(C)c1ccc(OC)c(OC)c1)NCCCN1CCCCCC1=O. The molecule has 1 amide bonds. The molecule has 31 heavy (non-hydrogen) atoms. The molecule has 0 bridgehead atoms. The van der Waals surface area contributed by atoms with Crippen LogP contribution in [0.5, 0.6) is 11.5 Å². The average molecular weight is 433 g/mol. The molecule has 0 unspecified atom stereocenters. The summed E-state index contributed by atoms with van der Waals surface area (Å²) in [6, 6.07) is 6.02. The highest BCUT2D eigenvalue weighted by Crippen LogP contribution is 2.33. The van der Waals surface area contributed by atoms with Crippen LogP contribution in [0.4, 0.5) is 0 Å². The van der Waals surface area contributed by atoms with Gasteiger partial charge in [-0.3, -0.25) is 9.79 Å². The summed E-state index contributed by atoms with van der Waals surface area (Å²) in [6.07, 6.45) is 4.92. The summed E-state index contributed by atoms with van der Waals surface area (Å²) in [7, 11) is 3.29. The predicted octanol–water partition coefficient (Wildman–Crippen LogP) is 3.33. The molecule has 0 aromatic heterocycles. The third-order valence-corrected chi connectivity index (χ3v) is 5.71. The molecule has 1 aromatic rings. The van der Waals surface area contributed by atoms with Crippen molar-refractivity contribution < 1.29 is 14.3 Å². The number of guanidine groups is 1. The number of hydrogen-bond donors (Lipinski definition) is 2. The Balaban J connectivity index is 1.92. The molecule has 0 radical (unpaired) electrons. The smallest absolute Gasteiger partial charge is 0.222 e. The fraction of sp³-hybridized carbons (Fsp3) is 0.667. The van der Waals surface area contributed by atoms with Gasteiger partial charge in [0, 0.05) is 38.0 Å². The fourth-order valence-electron chi connectivity index (χ4n) is 3.72. The minimum atomic E-state index is -0.166. The van der Waals surface area contributed by atoms with Crippen LogP contribution in [0.15, 0.2) is 23.2 Å². The van der Waals surface area contributed by atoms with Crippen LogP contribution in [-0.4, -0.2) is 63.7 Å². The van der Waals surface area contributed by atoms with Gasteiger partial charge in [-0.2, -0.15) is 0 Å². The van der Waals surface area contributed by atoms with Crippen molar-refractivity contribution >= 4 is 11.9 Å². The molecule has 1 fully saturated rings. The summed E-state index contributed by atoms with van der Waals surface area (Å²) in [4.78, 5) is 19.0. The molecule has 1 saturated heterocycles. The van der Waals surface area contributed by atoms with E-state index in [4.69, 9.17) is 14.5 Å². The number of ether oxygens (including phenoxy) is 2. The number of rotatable bonds is 10. The Kier molecular flexibility index (Phi) is 9.95. The molecular weight excluding hydrogens is 392 g/mol. The van der Waals surface area contributed by atoms with Crippen LogP contribution in [0, 0.1) is 0 Å². The van der Waals surface area contributed by atoms with Crippen molar-refractivity contribution in [3.05, 3.63) is 23.8 Å². The van der Waals surface area contributed by atoms with Crippen molar-refractivity contribution in [1.29, 1.82) is 0 Å². The highest BCUT2D eigenvalue weighted by atomic mass is 16.5. The molecular formula is C24H40N4O3. The number of nitrogens with one attached hydrogen (secondary N) is 2. The summed E-state index contributed by atoms with van der Waals surface area (Å²) in [5, 5.41) is 6.73. The van der Waals surface area contributed by atoms with Crippen LogP contribution in [0.2, 0.25) is 0 Å². The molecule has 0 aliphatic carbocycles. The van der Waals surface area contributed by atoms with E-state index in [1.807, 2.05) is 17.0 Å². The fourth-order valence-corrected chi connectivity index (χ4v) is 3.72. The zero-order chi connectivity index (χ0) is 22.7. The number of methoxy groups -OCH3 is 2. The summed E-state index contributed by atoms with van der Waals surface area (Å²) in [6.45, 7) is 10.3. The number of likely N-dealkylation sites (tertiary alicyclic amines) is 1. The molecule has 1 aliphatic heterocycles. The summed E-state index contributed by atoms with van der Waals surface area (Å²) in [5.74, 6) is 2.56. The van der Waals surface area contributed by atoms with Gasteiger partial charge in [-0.15, -0.1) is 0 Å².